The Balaban J connectivity index is 1.92. The molecule has 0 aliphatic heterocycles. The number of pyridine rings is 1. The molecule has 0 aliphatic carbocycles. The van der Waals surface area contributed by atoms with Gasteiger partial charge in [0, 0.05) is 18.8 Å². The summed E-state index contributed by atoms with van der Waals surface area (Å²) in [6, 6.07) is 12.8. The molecule has 1 aromatic heterocycles. The van der Waals surface area contributed by atoms with Crippen molar-refractivity contribution in [1.29, 1.82) is 0 Å². The Morgan fingerprint density at radius 2 is 1.67 bits per heavy atom. The lowest BCUT2D eigenvalue weighted by atomic mass is 10.1. The summed E-state index contributed by atoms with van der Waals surface area (Å²) in [6.45, 7) is 8.00. The van der Waals surface area contributed by atoms with Crippen LogP contribution in [0.4, 0.5) is 0 Å². The largest absolute Gasteiger partial charge is 0.307 e. The quantitative estimate of drug-likeness (QED) is 0.887. The molecule has 94 valence electrons. The number of aromatic nitrogens is 1. The van der Waals surface area contributed by atoms with Gasteiger partial charge >= 0.3 is 0 Å². The number of rotatable bonds is 4. The Morgan fingerprint density at radius 3 is 2.33 bits per heavy atom. The van der Waals surface area contributed by atoms with Crippen molar-refractivity contribution in [2.75, 3.05) is 0 Å². The molecule has 0 bridgehead atoms. The van der Waals surface area contributed by atoms with Gasteiger partial charge in [0.15, 0.2) is 0 Å². The van der Waals surface area contributed by atoms with E-state index in [0.29, 0.717) is 0 Å². The number of hydrogen-bond donors (Lipinski definition) is 1. The van der Waals surface area contributed by atoms with E-state index in [9.17, 15) is 0 Å². The van der Waals surface area contributed by atoms with Crippen LogP contribution < -0.4 is 5.32 Å². The molecular formula is C16H20N2. The van der Waals surface area contributed by atoms with Crippen LogP contribution in [0.3, 0.4) is 0 Å². The van der Waals surface area contributed by atoms with Gasteiger partial charge in [-0.15, -0.1) is 0 Å². The monoisotopic (exact) mass is 240 g/mol. The number of benzene rings is 1. The van der Waals surface area contributed by atoms with Gasteiger partial charge in [0.05, 0.1) is 5.69 Å². The Hall–Kier alpha value is -1.67. The van der Waals surface area contributed by atoms with Crippen LogP contribution in [0.1, 0.15) is 28.1 Å². The highest BCUT2D eigenvalue weighted by Crippen LogP contribution is 2.08. The Morgan fingerprint density at radius 1 is 0.944 bits per heavy atom. The van der Waals surface area contributed by atoms with Crippen LogP contribution in [0.5, 0.6) is 0 Å². The predicted molar refractivity (Wildman–Crippen MR) is 75.4 cm³/mol. The van der Waals surface area contributed by atoms with E-state index in [1.165, 1.54) is 16.7 Å². The van der Waals surface area contributed by atoms with Gasteiger partial charge in [-0.05, 0) is 38.5 Å². The first-order valence-corrected chi connectivity index (χ1v) is 6.34. The molecule has 1 aromatic carbocycles. The van der Waals surface area contributed by atoms with Gasteiger partial charge in [-0.1, -0.05) is 35.4 Å². The first kappa shape index (κ1) is 12.8. The minimum Gasteiger partial charge on any atom is -0.307 e. The summed E-state index contributed by atoms with van der Waals surface area (Å²) in [5.74, 6) is 0. The molecule has 0 fully saturated rings. The zero-order valence-corrected chi connectivity index (χ0v) is 11.3. The van der Waals surface area contributed by atoms with E-state index in [0.717, 1.165) is 24.5 Å². The van der Waals surface area contributed by atoms with Gasteiger partial charge in [0.2, 0.25) is 0 Å². The first-order chi connectivity index (χ1) is 8.63. The molecule has 2 aromatic rings. The van der Waals surface area contributed by atoms with E-state index < -0.39 is 0 Å². The van der Waals surface area contributed by atoms with Crippen molar-refractivity contribution in [3.63, 3.8) is 0 Å². The van der Waals surface area contributed by atoms with Crippen molar-refractivity contribution in [3.8, 4) is 0 Å². The molecule has 0 saturated carbocycles. The smallest absolute Gasteiger partial charge is 0.0544 e. The summed E-state index contributed by atoms with van der Waals surface area (Å²) in [7, 11) is 0. The number of aryl methyl sites for hydroxylation is 3. The molecule has 0 amide bonds. The fourth-order valence-electron chi connectivity index (χ4n) is 2.20. The van der Waals surface area contributed by atoms with Crippen molar-refractivity contribution in [2.45, 2.75) is 33.9 Å². The highest BCUT2D eigenvalue weighted by molar-refractivity contribution is 5.28. The summed E-state index contributed by atoms with van der Waals surface area (Å²) >= 11 is 0. The van der Waals surface area contributed by atoms with Crippen molar-refractivity contribution >= 4 is 0 Å². The molecule has 18 heavy (non-hydrogen) atoms. The molecule has 2 nitrogen and oxygen atoms in total. The van der Waals surface area contributed by atoms with Crippen LogP contribution in [-0.4, -0.2) is 4.98 Å². The normalized spacial score (nSPS) is 10.6. The molecule has 0 aliphatic rings. The molecule has 0 atom stereocenters. The van der Waals surface area contributed by atoms with Crippen LogP contribution in [-0.2, 0) is 13.1 Å². The molecule has 1 heterocycles. The maximum absolute atomic E-state index is 4.48. The molecule has 0 saturated heterocycles. The standard InChI is InChI=1S/C16H20N2/c1-12-7-13(2)9-15(8-12)10-17-11-16-6-4-5-14(3)18-16/h4-9,17H,10-11H2,1-3H3. The van der Waals surface area contributed by atoms with E-state index in [-0.39, 0.29) is 0 Å². The van der Waals surface area contributed by atoms with E-state index >= 15 is 0 Å². The minimum absolute atomic E-state index is 0.814. The van der Waals surface area contributed by atoms with Gasteiger partial charge in [-0.3, -0.25) is 4.98 Å². The average Bonchev–Trinajstić information content (AvgIpc) is 2.27. The van der Waals surface area contributed by atoms with Gasteiger partial charge in [0.25, 0.3) is 0 Å². The second-order valence-electron chi connectivity index (χ2n) is 4.87. The van der Waals surface area contributed by atoms with E-state index in [1.54, 1.807) is 0 Å². The van der Waals surface area contributed by atoms with Gasteiger partial charge in [-0.25, -0.2) is 0 Å². The van der Waals surface area contributed by atoms with E-state index in [2.05, 4.69) is 54.5 Å². The van der Waals surface area contributed by atoms with Gasteiger partial charge in [-0.2, -0.15) is 0 Å². The lowest BCUT2D eigenvalue weighted by Gasteiger charge is -2.07. The number of hydrogen-bond acceptors (Lipinski definition) is 2. The predicted octanol–water partition coefficient (Wildman–Crippen LogP) is 3.30. The van der Waals surface area contributed by atoms with Crippen LogP contribution in [0.15, 0.2) is 36.4 Å². The minimum atomic E-state index is 0.814. The van der Waals surface area contributed by atoms with Crippen LogP contribution in [0, 0.1) is 20.8 Å². The first-order valence-electron chi connectivity index (χ1n) is 6.34. The molecule has 2 rings (SSSR count). The molecular weight excluding hydrogens is 220 g/mol. The summed E-state index contributed by atoms with van der Waals surface area (Å²) in [4.78, 5) is 4.48. The van der Waals surface area contributed by atoms with Crippen LogP contribution in [0.25, 0.3) is 0 Å². The Kier molecular flexibility index (Phi) is 4.11. The summed E-state index contributed by atoms with van der Waals surface area (Å²) in [5.41, 5.74) is 6.14. The molecule has 0 radical (unpaired) electrons. The Bertz CT molecular complexity index is 512. The fourth-order valence-corrected chi connectivity index (χ4v) is 2.20. The number of nitrogens with one attached hydrogen (secondary N) is 1. The maximum Gasteiger partial charge on any atom is 0.0544 e. The van der Waals surface area contributed by atoms with Gasteiger partial charge in [0.1, 0.15) is 0 Å². The summed E-state index contributed by atoms with van der Waals surface area (Å²) in [6.07, 6.45) is 0. The zero-order valence-electron chi connectivity index (χ0n) is 11.3. The van der Waals surface area contributed by atoms with Crippen molar-refractivity contribution < 1.29 is 0 Å². The average molecular weight is 240 g/mol. The molecule has 0 spiro atoms. The number of nitrogens with zero attached hydrogens (tertiary/aromatic N) is 1. The maximum atomic E-state index is 4.48. The fraction of sp³-hybridized carbons (Fsp3) is 0.312. The van der Waals surface area contributed by atoms with Crippen molar-refractivity contribution in [3.05, 3.63) is 64.5 Å². The van der Waals surface area contributed by atoms with Crippen molar-refractivity contribution in [2.24, 2.45) is 0 Å². The third-order valence-electron chi connectivity index (χ3n) is 2.86. The molecule has 1 N–H and O–H groups in total. The van der Waals surface area contributed by atoms with Crippen LogP contribution >= 0.6 is 0 Å². The highest BCUT2D eigenvalue weighted by Gasteiger charge is 1.98. The SMILES string of the molecule is Cc1cc(C)cc(CNCc2cccc(C)n2)c1. The topological polar surface area (TPSA) is 24.9 Å². The summed E-state index contributed by atoms with van der Waals surface area (Å²) in [5, 5.41) is 3.44. The molecule has 0 unspecified atom stereocenters. The van der Waals surface area contributed by atoms with E-state index in [4.69, 9.17) is 0 Å². The van der Waals surface area contributed by atoms with Gasteiger partial charge < -0.3 is 5.32 Å². The summed E-state index contributed by atoms with van der Waals surface area (Å²) < 4.78 is 0. The third kappa shape index (κ3) is 3.67. The second-order valence-corrected chi connectivity index (χ2v) is 4.87. The zero-order chi connectivity index (χ0) is 13.0. The Labute approximate surface area is 109 Å². The third-order valence-corrected chi connectivity index (χ3v) is 2.86. The lowest BCUT2D eigenvalue weighted by molar-refractivity contribution is 0.677. The highest BCUT2D eigenvalue weighted by atomic mass is 14.9. The lowest BCUT2D eigenvalue weighted by Crippen LogP contribution is -2.14. The molecule has 2 heteroatoms. The van der Waals surface area contributed by atoms with Crippen LogP contribution in [0.2, 0.25) is 0 Å². The van der Waals surface area contributed by atoms with Crippen molar-refractivity contribution in [1.82, 2.24) is 10.3 Å². The van der Waals surface area contributed by atoms with E-state index in [1.807, 2.05) is 13.0 Å². The second kappa shape index (κ2) is 5.78.